The summed E-state index contributed by atoms with van der Waals surface area (Å²) in [5.74, 6) is 1.27. The molecule has 1 aromatic carbocycles. The molecule has 1 N–H and O–H groups in total. The quantitative estimate of drug-likeness (QED) is 0.868. The first-order valence-electron chi connectivity index (χ1n) is 7.81. The minimum Gasteiger partial charge on any atom is -0.491 e. The average molecular weight is 286 g/mol. The summed E-state index contributed by atoms with van der Waals surface area (Å²) >= 11 is 0. The van der Waals surface area contributed by atoms with Crippen molar-refractivity contribution in [1.29, 1.82) is 5.26 Å². The smallest absolute Gasteiger partial charge is 0.143 e. The third-order valence-corrected chi connectivity index (χ3v) is 4.13. The van der Waals surface area contributed by atoms with Gasteiger partial charge >= 0.3 is 0 Å². The zero-order chi connectivity index (χ0) is 15.5. The van der Waals surface area contributed by atoms with Gasteiger partial charge in [-0.1, -0.05) is 39.8 Å². The third kappa shape index (κ3) is 3.77. The maximum absolute atomic E-state index is 9.59. The van der Waals surface area contributed by atoms with Gasteiger partial charge in [0.1, 0.15) is 17.9 Å². The van der Waals surface area contributed by atoms with E-state index in [9.17, 15) is 5.26 Å². The van der Waals surface area contributed by atoms with Crippen molar-refractivity contribution >= 4 is 0 Å². The fraction of sp³-hybridized carbons (Fsp3) is 0.611. The summed E-state index contributed by atoms with van der Waals surface area (Å²) in [4.78, 5) is 0. The standard InChI is InChI=1S/C18H26N2O/c1-5-20-18(12-19,14-9-10-14)13-21-16-8-6-7-15(11-16)17(2,3)4/h6-8,11,14,20H,5,9-10,13H2,1-4H3. The van der Waals surface area contributed by atoms with Crippen LogP contribution in [0.5, 0.6) is 5.75 Å². The molecule has 0 aromatic heterocycles. The summed E-state index contributed by atoms with van der Waals surface area (Å²) in [6.45, 7) is 9.80. The van der Waals surface area contributed by atoms with Gasteiger partial charge in [0.2, 0.25) is 0 Å². The van der Waals surface area contributed by atoms with E-state index in [0.717, 1.165) is 25.1 Å². The fourth-order valence-electron chi connectivity index (χ4n) is 2.62. The Kier molecular flexibility index (Phi) is 4.58. The van der Waals surface area contributed by atoms with Crippen LogP contribution in [0.3, 0.4) is 0 Å². The molecule has 1 aliphatic rings. The van der Waals surface area contributed by atoms with Crippen LogP contribution in [0, 0.1) is 17.2 Å². The van der Waals surface area contributed by atoms with E-state index >= 15 is 0 Å². The second-order valence-electron chi connectivity index (χ2n) is 6.95. The molecule has 1 aromatic rings. The predicted molar refractivity (Wildman–Crippen MR) is 85.4 cm³/mol. The van der Waals surface area contributed by atoms with Crippen LogP contribution >= 0.6 is 0 Å². The van der Waals surface area contributed by atoms with Gasteiger partial charge < -0.3 is 4.74 Å². The molecule has 0 heterocycles. The van der Waals surface area contributed by atoms with Gasteiger partial charge in [0.05, 0.1) is 6.07 Å². The lowest BCUT2D eigenvalue weighted by atomic mass is 9.87. The monoisotopic (exact) mass is 286 g/mol. The van der Waals surface area contributed by atoms with Crippen LogP contribution in [0.4, 0.5) is 0 Å². The van der Waals surface area contributed by atoms with Crippen LogP contribution in [0.2, 0.25) is 0 Å². The number of nitrogens with one attached hydrogen (secondary N) is 1. The minimum atomic E-state index is -0.535. The third-order valence-electron chi connectivity index (χ3n) is 4.13. The van der Waals surface area contributed by atoms with Crippen molar-refractivity contribution in [3.05, 3.63) is 29.8 Å². The zero-order valence-corrected chi connectivity index (χ0v) is 13.6. The molecular formula is C18H26N2O. The van der Waals surface area contributed by atoms with E-state index in [0.29, 0.717) is 12.5 Å². The van der Waals surface area contributed by atoms with Crippen LogP contribution in [0.25, 0.3) is 0 Å². The predicted octanol–water partition coefficient (Wildman–Crippen LogP) is 3.64. The molecule has 2 rings (SSSR count). The van der Waals surface area contributed by atoms with Gasteiger partial charge in [-0.15, -0.1) is 0 Å². The molecule has 114 valence electrons. The van der Waals surface area contributed by atoms with E-state index in [2.05, 4.69) is 44.3 Å². The normalized spacial score (nSPS) is 17.9. The van der Waals surface area contributed by atoms with Gasteiger partial charge in [-0.05, 0) is 48.4 Å². The first-order valence-corrected chi connectivity index (χ1v) is 7.81. The van der Waals surface area contributed by atoms with Gasteiger partial charge in [-0.3, -0.25) is 5.32 Å². The van der Waals surface area contributed by atoms with Crippen LogP contribution in [-0.4, -0.2) is 18.7 Å². The van der Waals surface area contributed by atoms with Crippen molar-refractivity contribution < 1.29 is 4.74 Å². The molecule has 0 saturated heterocycles. The van der Waals surface area contributed by atoms with Gasteiger partial charge in [0.15, 0.2) is 0 Å². The van der Waals surface area contributed by atoms with Crippen molar-refractivity contribution in [1.82, 2.24) is 5.32 Å². The molecule has 21 heavy (non-hydrogen) atoms. The Balaban J connectivity index is 2.09. The summed E-state index contributed by atoms with van der Waals surface area (Å²) < 4.78 is 5.97. The van der Waals surface area contributed by atoms with Gasteiger partial charge in [0.25, 0.3) is 0 Å². The number of likely N-dealkylation sites (N-methyl/N-ethyl adjacent to an activating group) is 1. The van der Waals surface area contributed by atoms with E-state index in [-0.39, 0.29) is 5.41 Å². The number of rotatable bonds is 6. The number of benzene rings is 1. The second-order valence-corrected chi connectivity index (χ2v) is 6.95. The topological polar surface area (TPSA) is 45.0 Å². The molecule has 1 aliphatic carbocycles. The van der Waals surface area contributed by atoms with E-state index in [4.69, 9.17) is 4.74 Å². The molecule has 0 spiro atoms. The van der Waals surface area contributed by atoms with Crippen molar-refractivity contribution in [2.24, 2.45) is 5.92 Å². The Morgan fingerprint density at radius 2 is 2.05 bits per heavy atom. The van der Waals surface area contributed by atoms with Gasteiger partial charge in [-0.2, -0.15) is 5.26 Å². The Labute approximate surface area is 128 Å². The number of nitrogens with zero attached hydrogens (tertiary/aromatic N) is 1. The molecular weight excluding hydrogens is 260 g/mol. The van der Waals surface area contributed by atoms with Crippen molar-refractivity contribution in [2.75, 3.05) is 13.2 Å². The zero-order valence-electron chi connectivity index (χ0n) is 13.6. The summed E-state index contributed by atoms with van der Waals surface area (Å²) in [5, 5.41) is 12.9. The van der Waals surface area contributed by atoms with Crippen LogP contribution in [0.15, 0.2) is 24.3 Å². The maximum atomic E-state index is 9.59. The highest BCUT2D eigenvalue weighted by Crippen LogP contribution is 2.40. The molecule has 0 aliphatic heterocycles. The van der Waals surface area contributed by atoms with Crippen LogP contribution in [-0.2, 0) is 5.41 Å². The molecule has 0 radical (unpaired) electrons. The highest BCUT2D eigenvalue weighted by Gasteiger charge is 2.46. The SMILES string of the molecule is CCNC(C#N)(COc1cccc(C(C)(C)C)c1)C1CC1. The molecule has 1 fully saturated rings. The van der Waals surface area contributed by atoms with Crippen LogP contribution < -0.4 is 10.1 Å². The van der Waals surface area contributed by atoms with Crippen LogP contribution in [0.1, 0.15) is 46.1 Å². The van der Waals surface area contributed by atoms with E-state index in [1.807, 2.05) is 19.1 Å². The number of ether oxygens (including phenoxy) is 1. The first-order chi connectivity index (χ1) is 9.91. The lowest BCUT2D eigenvalue weighted by molar-refractivity contribution is 0.204. The molecule has 1 atom stereocenters. The molecule has 0 bridgehead atoms. The maximum Gasteiger partial charge on any atom is 0.143 e. The lowest BCUT2D eigenvalue weighted by Gasteiger charge is -2.28. The number of hydrogen-bond donors (Lipinski definition) is 1. The summed E-state index contributed by atoms with van der Waals surface area (Å²) in [7, 11) is 0. The highest BCUT2D eigenvalue weighted by atomic mass is 16.5. The average Bonchev–Trinajstić information content (AvgIpc) is 3.28. The highest BCUT2D eigenvalue weighted by molar-refractivity contribution is 5.33. The van der Waals surface area contributed by atoms with Gasteiger partial charge in [0, 0.05) is 0 Å². The molecule has 3 nitrogen and oxygen atoms in total. The molecule has 3 heteroatoms. The Bertz CT molecular complexity index is 523. The van der Waals surface area contributed by atoms with E-state index in [1.165, 1.54) is 5.56 Å². The Morgan fingerprint density at radius 3 is 2.57 bits per heavy atom. The Hall–Kier alpha value is -1.53. The van der Waals surface area contributed by atoms with E-state index < -0.39 is 5.54 Å². The number of hydrogen-bond acceptors (Lipinski definition) is 3. The van der Waals surface area contributed by atoms with E-state index in [1.54, 1.807) is 0 Å². The minimum absolute atomic E-state index is 0.101. The molecule has 1 saturated carbocycles. The van der Waals surface area contributed by atoms with Gasteiger partial charge in [-0.25, -0.2) is 0 Å². The molecule has 0 amide bonds. The lowest BCUT2D eigenvalue weighted by Crippen LogP contribution is -2.50. The van der Waals surface area contributed by atoms with Crippen molar-refractivity contribution in [3.8, 4) is 11.8 Å². The summed E-state index contributed by atoms with van der Waals surface area (Å²) in [5.41, 5.74) is 0.813. The molecule has 1 unspecified atom stereocenters. The fourth-order valence-corrected chi connectivity index (χ4v) is 2.62. The largest absolute Gasteiger partial charge is 0.491 e. The second kappa shape index (κ2) is 6.07. The van der Waals surface area contributed by atoms with Crippen molar-refractivity contribution in [2.45, 2.75) is 51.5 Å². The Morgan fingerprint density at radius 1 is 1.33 bits per heavy atom. The number of nitriles is 1. The summed E-state index contributed by atoms with van der Waals surface area (Å²) in [6.07, 6.45) is 2.23. The first kappa shape index (κ1) is 15.9. The van der Waals surface area contributed by atoms with Crippen molar-refractivity contribution in [3.63, 3.8) is 0 Å². The summed E-state index contributed by atoms with van der Waals surface area (Å²) in [6, 6.07) is 10.7.